The number of benzene rings is 2. The lowest BCUT2D eigenvalue weighted by Gasteiger charge is -2.28. The number of unbranched alkanes of at least 4 members (excludes halogenated alkanes) is 5. The van der Waals surface area contributed by atoms with Crippen LogP contribution in [0.15, 0.2) is 54.6 Å². The second-order valence-electron chi connectivity index (χ2n) is 14.4. The molecule has 2 aromatic carbocycles. The van der Waals surface area contributed by atoms with Gasteiger partial charge in [0.15, 0.2) is 0 Å². The van der Waals surface area contributed by atoms with Gasteiger partial charge in [0.2, 0.25) is 17.7 Å². The summed E-state index contributed by atoms with van der Waals surface area (Å²) in [6, 6.07) is 11.7. The molecule has 0 saturated carbocycles. The predicted molar refractivity (Wildman–Crippen MR) is 209 cm³/mol. The number of carbonyl (C=O) groups excluding carboxylic acids is 5. The molecule has 0 radical (unpaired) electrons. The molecule has 0 aliphatic carbocycles. The second-order valence-corrected chi connectivity index (χ2v) is 16.0. The number of likely N-dealkylation sites (N-methyl/N-ethyl adjacent to an activating group) is 1. The molecule has 54 heavy (non-hydrogen) atoms. The average Bonchev–Trinajstić information content (AvgIpc) is 3.11. The van der Waals surface area contributed by atoms with Crippen molar-refractivity contribution in [3.8, 4) is 5.75 Å². The maximum atomic E-state index is 13.9. The van der Waals surface area contributed by atoms with Crippen LogP contribution in [0, 0.1) is 0 Å². The third kappa shape index (κ3) is 19.0. The number of aromatic hydroxyl groups is 1. The van der Waals surface area contributed by atoms with E-state index in [1.165, 1.54) is 29.7 Å². The van der Waals surface area contributed by atoms with Crippen LogP contribution in [0.25, 0.3) is 0 Å². The van der Waals surface area contributed by atoms with Crippen LogP contribution < -0.4 is 16.0 Å². The van der Waals surface area contributed by atoms with Crippen LogP contribution in [-0.2, 0) is 52.3 Å². The lowest BCUT2D eigenvalue weighted by molar-refractivity contribution is -0.145. The first kappa shape index (κ1) is 45.7. The van der Waals surface area contributed by atoms with Crippen LogP contribution in [0.5, 0.6) is 5.75 Å². The Labute approximate surface area is 322 Å². The van der Waals surface area contributed by atoms with Crippen molar-refractivity contribution < 1.29 is 42.8 Å². The highest BCUT2D eigenvalue weighted by molar-refractivity contribution is 7.84. The summed E-state index contributed by atoms with van der Waals surface area (Å²) in [7, 11) is 0.225. The van der Waals surface area contributed by atoms with Gasteiger partial charge in [-0.05, 0) is 56.9 Å². The first-order valence-corrected chi connectivity index (χ1v) is 20.4. The summed E-state index contributed by atoms with van der Waals surface area (Å²) in [5.74, 6) is -2.16. The number of hydrogen-bond donors (Lipinski definition) is 4. The number of rotatable bonds is 23. The van der Waals surface area contributed by atoms with Crippen molar-refractivity contribution in [3.05, 3.63) is 65.7 Å². The first-order valence-electron chi connectivity index (χ1n) is 18.7. The molecular weight excluding hydrogens is 713 g/mol. The van der Waals surface area contributed by atoms with Gasteiger partial charge >= 0.3 is 12.1 Å². The molecule has 4 atom stereocenters. The minimum atomic E-state index is -1.32. The number of hydrogen-bond acceptors (Lipinski definition) is 9. The molecule has 2 aromatic rings. The van der Waals surface area contributed by atoms with Gasteiger partial charge in [-0.1, -0.05) is 81.5 Å². The van der Waals surface area contributed by atoms with Crippen molar-refractivity contribution in [1.82, 2.24) is 20.9 Å². The SMILES string of the molecule is CCCCCCCCOC(=O)CCN(C)C(=O)[C@H](Cc1ccccc1)NC(=O)[C@@H](CCS(C)=O)NC(=O)[C@H](Cc1ccc(O)cc1)NC(=O)OC(C)(C)C. The van der Waals surface area contributed by atoms with Crippen molar-refractivity contribution in [2.45, 2.75) is 116 Å². The molecule has 1 unspecified atom stereocenters. The van der Waals surface area contributed by atoms with Gasteiger partial charge in [0.05, 0.1) is 13.0 Å². The number of phenolic OH excluding ortho intramolecular Hbond substituents is 1. The standard InChI is InChI=1S/C40H60N4O9S/c1-7-8-9-10-11-15-25-52-35(46)22-24-44(5)38(49)34(28-29-16-13-12-14-17-29)42-36(47)32(23-26-54(6)51)41-37(48)33(43-39(50)53-40(2,3)4)27-30-18-20-31(45)21-19-30/h12-14,16-21,32-34,45H,7-11,15,22-28H2,1-6H3,(H,41,48)(H,42,47)(H,43,50)/t32-,33+,34+,54?/m1/s1. The molecule has 4 N–H and O–H groups in total. The Morgan fingerprint density at radius 3 is 2.00 bits per heavy atom. The maximum absolute atomic E-state index is 13.9. The van der Waals surface area contributed by atoms with Crippen molar-refractivity contribution in [2.75, 3.05) is 32.2 Å². The maximum Gasteiger partial charge on any atom is 0.408 e. The van der Waals surface area contributed by atoms with E-state index in [2.05, 4.69) is 22.9 Å². The fraction of sp³-hybridized carbons (Fsp3) is 0.575. The molecule has 0 aliphatic rings. The normalized spacial score (nSPS) is 13.4. The van der Waals surface area contributed by atoms with Crippen molar-refractivity contribution in [2.24, 2.45) is 0 Å². The third-order valence-electron chi connectivity index (χ3n) is 8.40. The molecule has 2 rings (SSSR count). The van der Waals surface area contributed by atoms with E-state index in [1.54, 1.807) is 40.0 Å². The van der Waals surface area contributed by atoms with Gasteiger partial charge in [0.25, 0.3) is 0 Å². The molecule has 0 bridgehead atoms. The van der Waals surface area contributed by atoms with Gasteiger partial charge in [-0.25, -0.2) is 4.79 Å². The van der Waals surface area contributed by atoms with Crippen LogP contribution >= 0.6 is 0 Å². The van der Waals surface area contributed by atoms with Gasteiger partial charge in [0, 0.05) is 49.2 Å². The summed E-state index contributed by atoms with van der Waals surface area (Å²) in [6.07, 6.45) is 7.10. The number of nitrogens with zero attached hydrogens (tertiary/aromatic N) is 1. The summed E-state index contributed by atoms with van der Waals surface area (Å²) in [5, 5.41) is 17.8. The van der Waals surface area contributed by atoms with Crippen LogP contribution in [0.4, 0.5) is 4.79 Å². The number of ether oxygens (including phenoxy) is 2. The van der Waals surface area contributed by atoms with Crippen LogP contribution in [0.1, 0.15) is 90.2 Å². The third-order valence-corrected chi connectivity index (χ3v) is 9.21. The quantitative estimate of drug-likeness (QED) is 0.0931. The van der Waals surface area contributed by atoms with Crippen LogP contribution in [0.3, 0.4) is 0 Å². The van der Waals surface area contributed by atoms with Crippen molar-refractivity contribution in [1.29, 1.82) is 0 Å². The number of nitrogens with one attached hydrogen (secondary N) is 3. The Kier molecular flexibility index (Phi) is 20.4. The zero-order chi connectivity index (χ0) is 40.1. The van der Waals surface area contributed by atoms with Crippen LogP contribution in [-0.4, -0.2) is 99.9 Å². The summed E-state index contributed by atoms with van der Waals surface area (Å²) in [6.45, 7) is 7.60. The fourth-order valence-corrected chi connectivity index (χ4v) is 6.02. The zero-order valence-corrected chi connectivity index (χ0v) is 33.5. The highest BCUT2D eigenvalue weighted by atomic mass is 32.2. The first-order chi connectivity index (χ1) is 25.6. The number of alkyl carbamates (subject to hydrolysis) is 1. The van der Waals surface area contributed by atoms with Crippen molar-refractivity contribution >= 4 is 40.6 Å². The summed E-state index contributed by atoms with van der Waals surface area (Å²) >= 11 is 0. The lowest BCUT2D eigenvalue weighted by atomic mass is 10.0. The highest BCUT2D eigenvalue weighted by Gasteiger charge is 2.32. The Morgan fingerprint density at radius 1 is 0.796 bits per heavy atom. The molecule has 13 nitrogen and oxygen atoms in total. The number of carbonyl (C=O) groups is 5. The molecule has 0 saturated heterocycles. The summed E-state index contributed by atoms with van der Waals surface area (Å²) < 4.78 is 22.9. The van der Waals surface area contributed by atoms with Gasteiger partial charge in [0.1, 0.15) is 29.5 Å². The minimum absolute atomic E-state index is 0.000704. The van der Waals surface area contributed by atoms with E-state index in [0.717, 1.165) is 37.7 Å². The van der Waals surface area contributed by atoms with E-state index in [1.807, 2.05) is 30.3 Å². The molecule has 0 aromatic heterocycles. The Balaban J connectivity index is 2.21. The zero-order valence-electron chi connectivity index (χ0n) is 32.7. The van der Waals surface area contributed by atoms with E-state index in [-0.39, 0.29) is 43.7 Å². The summed E-state index contributed by atoms with van der Waals surface area (Å²) in [4.78, 5) is 68.1. The number of phenols is 1. The fourth-order valence-electron chi connectivity index (χ4n) is 5.45. The molecular formula is C40H60N4O9S. The van der Waals surface area contributed by atoms with Gasteiger partial charge in [-0.2, -0.15) is 0 Å². The minimum Gasteiger partial charge on any atom is -0.508 e. The molecule has 14 heteroatoms. The monoisotopic (exact) mass is 772 g/mol. The largest absolute Gasteiger partial charge is 0.508 e. The molecule has 0 aliphatic heterocycles. The average molecular weight is 773 g/mol. The van der Waals surface area contributed by atoms with E-state index in [0.29, 0.717) is 12.2 Å². The Bertz CT molecular complexity index is 1500. The van der Waals surface area contributed by atoms with Gasteiger partial charge in [-0.15, -0.1) is 0 Å². The summed E-state index contributed by atoms with van der Waals surface area (Å²) in [5.41, 5.74) is 0.537. The van der Waals surface area contributed by atoms with Crippen molar-refractivity contribution in [3.63, 3.8) is 0 Å². The van der Waals surface area contributed by atoms with Crippen LogP contribution in [0.2, 0.25) is 0 Å². The Morgan fingerprint density at radius 2 is 1.37 bits per heavy atom. The molecule has 300 valence electrons. The Hall–Kier alpha value is -4.46. The van der Waals surface area contributed by atoms with Gasteiger partial charge < -0.3 is 35.4 Å². The number of esters is 1. The second kappa shape index (κ2) is 24.0. The van der Waals surface area contributed by atoms with E-state index < -0.39 is 64.3 Å². The smallest absolute Gasteiger partial charge is 0.408 e. The predicted octanol–water partition coefficient (Wildman–Crippen LogP) is 4.56. The van der Waals surface area contributed by atoms with Gasteiger partial charge in [-0.3, -0.25) is 23.4 Å². The van der Waals surface area contributed by atoms with E-state index in [4.69, 9.17) is 9.47 Å². The van der Waals surface area contributed by atoms with E-state index >= 15 is 0 Å². The molecule has 0 fully saturated rings. The molecule has 0 spiro atoms. The topological polar surface area (TPSA) is 180 Å². The molecule has 0 heterocycles. The number of amides is 4. The molecule has 4 amide bonds. The lowest BCUT2D eigenvalue weighted by Crippen LogP contribution is -2.58. The van der Waals surface area contributed by atoms with E-state index in [9.17, 15) is 33.3 Å². The highest BCUT2D eigenvalue weighted by Crippen LogP contribution is 2.14.